The molecule has 5 heteroatoms. The molecule has 0 N–H and O–H groups in total. The number of fused-ring (bicyclic) bond motifs is 3. The zero-order valence-corrected chi connectivity index (χ0v) is 17.2. The summed E-state index contributed by atoms with van der Waals surface area (Å²) < 4.78 is 40.8. The van der Waals surface area contributed by atoms with Gasteiger partial charge in [0.15, 0.2) is 0 Å². The van der Waals surface area contributed by atoms with Gasteiger partial charge in [-0.25, -0.2) is 0 Å². The van der Waals surface area contributed by atoms with Gasteiger partial charge in [0.25, 0.3) is 0 Å². The quantitative estimate of drug-likeness (QED) is 0.523. The third kappa shape index (κ3) is 3.80. The van der Waals surface area contributed by atoms with Gasteiger partial charge in [-0.1, -0.05) is 30.7 Å². The second kappa shape index (κ2) is 7.52. The van der Waals surface area contributed by atoms with E-state index in [1.54, 1.807) is 12.1 Å². The van der Waals surface area contributed by atoms with Gasteiger partial charge in [0, 0.05) is 42.1 Å². The van der Waals surface area contributed by atoms with Crippen LogP contribution in [0.3, 0.4) is 0 Å². The van der Waals surface area contributed by atoms with Gasteiger partial charge in [-0.3, -0.25) is 4.90 Å². The van der Waals surface area contributed by atoms with Crippen molar-refractivity contribution in [3.8, 4) is 0 Å². The smallest absolute Gasteiger partial charge is 0.344 e. The van der Waals surface area contributed by atoms with Crippen molar-refractivity contribution in [2.75, 3.05) is 6.54 Å². The van der Waals surface area contributed by atoms with Gasteiger partial charge in [-0.2, -0.15) is 13.2 Å². The molecule has 0 spiro atoms. The first-order valence-electron chi connectivity index (χ1n) is 10.3. The summed E-state index contributed by atoms with van der Waals surface area (Å²) in [6.45, 7) is 9.37. The number of likely N-dealkylation sites (N-methyl/N-ethyl adjacent to an activating group) is 1. The van der Waals surface area contributed by atoms with Gasteiger partial charge >= 0.3 is 6.18 Å². The first-order valence-corrected chi connectivity index (χ1v) is 10.3. The van der Waals surface area contributed by atoms with E-state index in [9.17, 15) is 13.2 Å². The van der Waals surface area contributed by atoms with Crippen LogP contribution in [0.15, 0.2) is 42.5 Å². The minimum atomic E-state index is -4.28. The Labute approximate surface area is 169 Å². The van der Waals surface area contributed by atoms with Crippen LogP contribution in [-0.4, -0.2) is 22.1 Å². The summed E-state index contributed by atoms with van der Waals surface area (Å²) in [4.78, 5) is 2.50. The number of hydrogen-bond donors (Lipinski definition) is 0. The van der Waals surface area contributed by atoms with Crippen LogP contribution in [0, 0.1) is 6.92 Å². The molecule has 2 nitrogen and oxygen atoms in total. The predicted molar refractivity (Wildman–Crippen MR) is 111 cm³/mol. The Balaban J connectivity index is 1.66. The molecule has 0 aliphatic carbocycles. The van der Waals surface area contributed by atoms with Crippen LogP contribution in [0.25, 0.3) is 10.9 Å². The molecule has 0 radical (unpaired) electrons. The zero-order chi connectivity index (χ0) is 20.8. The third-order valence-corrected chi connectivity index (χ3v) is 6.23. The molecule has 1 aromatic heterocycles. The molecular formula is C24H27F3N2. The van der Waals surface area contributed by atoms with Gasteiger partial charge in [0.1, 0.15) is 0 Å². The molecule has 1 unspecified atom stereocenters. The standard InChI is InChI=1S/C24H27F3N2/c1-4-28-15-21-20-13-16(2)5-10-22(20)29(23(21)14-17(28)3)12-11-18-6-8-19(9-7-18)24(25,26)27/h5-10,13,17H,4,11-12,14-15H2,1-3H3. The molecular weight excluding hydrogens is 373 g/mol. The number of nitrogens with zero attached hydrogens (tertiary/aromatic N) is 2. The highest BCUT2D eigenvalue weighted by Crippen LogP contribution is 2.34. The number of aryl methyl sites for hydroxylation is 3. The molecule has 1 aliphatic rings. The van der Waals surface area contributed by atoms with Crippen molar-refractivity contribution >= 4 is 10.9 Å². The Morgan fingerprint density at radius 3 is 2.45 bits per heavy atom. The summed E-state index contributed by atoms with van der Waals surface area (Å²) in [5.74, 6) is 0. The van der Waals surface area contributed by atoms with Crippen molar-refractivity contribution in [1.29, 1.82) is 0 Å². The summed E-state index contributed by atoms with van der Waals surface area (Å²) in [6.07, 6.45) is -2.56. The van der Waals surface area contributed by atoms with Crippen LogP contribution in [0.5, 0.6) is 0 Å². The molecule has 29 heavy (non-hydrogen) atoms. The molecule has 3 aromatic rings. The first-order chi connectivity index (χ1) is 13.8. The third-order valence-electron chi connectivity index (χ3n) is 6.23. The lowest BCUT2D eigenvalue weighted by molar-refractivity contribution is -0.137. The van der Waals surface area contributed by atoms with Crippen LogP contribution in [0.2, 0.25) is 0 Å². The summed E-state index contributed by atoms with van der Waals surface area (Å²) >= 11 is 0. The monoisotopic (exact) mass is 400 g/mol. The van der Waals surface area contributed by atoms with Crippen molar-refractivity contribution in [1.82, 2.24) is 9.47 Å². The van der Waals surface area contributed by atoms with E-state index in [1.807, 2.05) is 0 Å². The van der Waals surface area contributed by atoms with Crippen molar-refractivity contribution in [3.05, 3.63) is 70.4 Å². The highest BCUT2D eigenvalue weighted by molar-refractivity contribution is 5.86. The van der Waals surface area contributed by atoms with Crippen LogP contribution in [0.4, 0.5) is 13.2 Å². The summed E-state index contributed by atoms with van der Waals surface area (Å²) in [5, 5.41) is 1.32. The number of aromatic nitrogens is 1. The van der Waals surface area contributed by atoms with Gasteiger partial charge in [-0.05, 0) is 62.2 Å². The van der Waals surface area contributed by atoms with Crippen molar-refractivity contribution < 1.29 is 13.2 Å². The maximum atomic E-state index is 12.8. The van der Waals surface area contributed by atoms with E-state index in [1.165, 1.54) is 39.9 Å². The van der Waals surface area contributed by atoms with Gasteiger partial charge in [-0.15, -0.1) is 0 Å². The van der Waals surface area contributed by atoms with Crippen LogP contribution >= 0.6 is 0 Å². The number of rotatable bonds is 4. The Morgan fingerprint density at radius 2 is 1.79 bits per heavy atom. The van der Waals surface area contributed by atoms with E-state index in [-0.39, 0.29) is 0 Å². The fraction of sp³-hybridized carbons (Fsp3) is 0.417. The van der Waals surface area contributed by atoms with Gasteiger partial charge in [0.05, 0.1) is 5.56 Å². The average molecular weight is 400 g/mol. The SMILES string of the molecule is CCN1Cc2c(n(CCc3ccc(C(F)(F)F)cc3)c3ccc(C)cc23)CC1C. The fourth-order valence-corrected chi connectivity index (χ4v) is 4.55. The van der Waals surface area contributed by atoms with E-state index in [4.69, 9.17) is 0 Å². The van der Waals surface area contributed by atoms with Crippen LogP contribution < -0.4 is 0 Å². The molecule has 0 amide bonds. The Kier molecular flexibility index (Phi) is 5.19. The molecule has 0 saturated heterocycles. The molecule has 1 atom stereocenters. The molecule has 4 rings (SSSR count). The minimum Gasteiger partial charge on any atom is -0.344 e. The van der Waals surface area contributed by atoms with Crippen LogP contribution in [0.1, 0.15) is 41.8 Å². The lowest BCUT2D eigenvalue weighted by Gasteiger charge is -2.33. The molecule has 1 aliphatic heterocycles. The number of benzene rings is 2. The molecule has 0 fully saturated rings. The number of alkyl halides is 3. The van der Waals surface area contributed by atoms with E-state index < -0.39 is 11.7 Å². The number of hydrogen-bond acceptors (Lipinski definition) is 1. The normalized spacial score (nSPS) is 17.7. The second-order valence-electron chi connectivity index (χ2n) is 8.16. The number of halogens is 3. The highest BCUT2D eigenvalue weighted by atomic mass is 19.4. The molecule has 2 aromatic carbocycles. The van der Waals surface area contributed by atoms with Crippen LogP contribution in [-0.2, 0) is 32.1 Å². The maximum Gasteiger partial charge on any atom is 0.416 e. The van der Waals surface area contributed by atoms with E-state index in [0.717, 1.165) is 31.6 Å². The Bertz CT molecular complexity index is 1020. The van der Waals surface area contributed by atoms with Crippen molar-refractivity contribution in [2.45, 2.75) is 58.9 Å². The maximum absolute atomic E-state index is 12.8. The summed E-state index contributed by atoms with van der Waals surface area (Å²) in [7, 11) is 0. The lowest BCUT2D eigenvalue weighted by atomic mass is 9.98. The summed E-state index contributed by atoms with van der Waals surface area (Å²) in [6, 6.07) is 12.7. The Hall–Kier alpha value is -2.27. The Morgan fingerprint density at radius 1 is 1.07 bits per heavy atom. The van der Waals surface area contributed by atoms with E-state index >= 15 is 0 Å². The molecule has 0 bridgehead atoms. The average Bonchev–Trinajstić information content (AvgIpc) is 2.97. The largest absolute Gasteiger partial charge is 0.416 e. The first kappa shape index (κ1) is 20.0. The van der Waals surface area contributed by atoms with E-state index in [2.05, 4.69) is 48.4 Å². The molecule has 0 saturated carbocycles. The molecule has 154 valence electrons. The van der Waals surface area contributed by atoms with Gasteiger partial charge < -0.3 is 4.57 Å². The van der Waals surface area contributed by atoms with Crippen molar-refractivity contribution in [3.63, 3.8) is 0 Å². The van der Waals surface area contributed by atoms with Crippen molar-refractivity contribution in [2.24, 2.45) is 0 Å². The van der Waals surface area contributed by atoms with Gasteiger partial charge in [0.2, 0.25) is 0 Å². The predicted octanol–water partition coefficient (Wildman–Crippen LogP) is 5.98. The topological polar surface area (TPSA) is 8.17 Å². The van der Waals surface area contributed by atoms with E-state index in [0.29, 0.717) is 12.5 Å². The second-order valence-corrected chi connectivity index (χ2v) is 8.16. The lowest BCUT2D eigenvalue weighted by Crippen LogP contribution is -2.38. The zero-order valence-electron chi connectivity index (χ0n) is 17.2. The minimum absolute atomic E-state index is 0.489. The fourth-order valence-electron chi connectivity index (χ4n) is 4.55. The highest BCUT2D eigenvalue weighted by Gasteiger charge is 2.30. The molecule has 2 heterocycles. The summed E-state index contributed by atoms with van der Waals surface area (Å²) in [5.41, 5.74) is 5.62.